The summed E-state index contributed by atoms with van der Waals surface area (Å²) in [5.74, 6) is 2.35. The molecule has 1 aliphatic heterocycles. The fraction of sp³-hybridized carbons (Fsp3) is 0.250. The van der Waals surface area contributed by atoms with Crippen LogP contribution in [0, 0.1) is 0 Å². The van der Waals surface area contributed by atoms with Crippen LogP contribution in [-0.2, 0) is 6.61 Å². The lowest BCUT2D eigenvalue weighted by molar-refractivity contribution is 0.280. The smallest absolute Gasteiger partial charge is 0.133 e. The largest absolute Gasteiger partial charge is 0.492 e. The molecule has 1 N–H and O–H groups in total. The number of aliphatic hydroxyl groups excluding tert-OH is 1. The summed E-state index contributed by atoms with van der Waals surface area (Å²) in [5.41, 5.74) is 2.27. The average Bonchev–Trinajstić information content (AvgIpc) is 2.89. The van der Waals surface area contributed by atoms with Crippen molar-refractivity contribution in [1.29, 1.82) is 0 Å². The number of fused-ring (bicyclic) bond motifs is 1. The Kier molecular flexibility index (Phi) is 4.34. The third-order valence-corrected chi connectivity index (χ3v) is 5.29. The van der Waals surface area contributed by atoms with E-state index in [9.17, 15) is 0 Å². The lowest BCUT2D eigenvalue weighted by Gasteiger charge is -2.14. The van der Waals surface area contributed by atoms with Crippen molar-refractivity contribution in [2.45, 2.75) is 17.4 Å². The molecule has 4 heteroatoms. The number of ether oxygens (including phenoxy) is 1. The Labute approximate surface area is 131 Å². The monoisotopic (exact) mass is 350 g/mol. The molecule has 0 saturated carbocycles. The summed E-state index contributed by atoms with van der Waals surface area (Å²) >= 11 is 5.38. The first-order valence-electron chi connectivity index (χ1n) is 6.51. The maximum atomic E-state index is 9.10. The number of rotatable bonds is 4. The maximum absolute atomic E-state index is 9.10. The molecule has 0 aromatic heterocycles. The van der Waals surface area contributed by atoms with Gasteiger partial charge in [-0.2, -0.15) is 0 Å². The normalized spacial score (nSPS) is 17.0. The summed E-state index contributed by atoms with van der Waals surface area (Å²) in [6.07, 6.45) is 0. The minimum absolute atomic E-state index is 0.0471. The first-order valence-corrected chi connectivity index (χ1v) is 8.29. The van der Waals surface area contributed by atoms with Crippen molar-refractivity contribution in [3.05, 3.63) is 58.1 Å². The molecule has 1 unspecified atom stereocenters. The molecule has 104 valence electrons. The van der Waals surface area contributed by atoms with Crippen LogP contribution in [0.1, 0.15) is 17.0 Å². The van der Waals surface area contributed by atoms with Gasteiger partial charge in [-0.15, -0.1) is 11.8 Å². The molecule has 0 amide bonds. The van der Waals surface area contributed by atoms with E-state index in [1.165, 1.54) is 10.5 Å². The Morgan fingerprint density at radius 2 is 2.10 bits per heavy atom. The van der Waals surface area contributed by atoms with Crippen molar-refractivity contribution in [2.24, 2.45) is 0 Å². The zero-order valence-electron chi connectivity index (χ0n) is 10.9. The van der Waals surface area contributed by atoms with Crippen LogP contribution in [0.3, 0.4) is 0 Å². The van der Waals surface area contributed by atoms with Gasteiger partial charge in [-0.1, -0.05) is 24.3 Å². The number of benzene rings is 2. The van der Waals surface area contributed by atoms with Crippen molar-refractivity contribution in [2.75, 3.05) is 12.4 Å². The van der Waals surface area contributed by atoms with Crippen LogP contribution in [0.25, 0.3) is 0 Å². The molecule has 1 atom stereocenters. The molecule has 1 aliphatic rings. The second-order valence-electron chi connectivity index (χ2n) is 4.78. The summed E-state index contributed by atoms with van der Waals surface area (Å²) < 4.78 is 6.83. The molecule has 0 bridgehead atoms. The molecule has 1 heterocycles. The summed E-state index contributed by atoms with van der Waals surface area (Å²) in [4.78, 5) is 1.37. The number of aliphatic hydroxyl groups is 1. The Hall–Kier alpha value is -0.970. The average molecular weight is 351 g/mol. The molecule has 20 heavy (non-hydrogen) atoms. The second-order valence-corrected chi connectivity index (χ2v) is 6.70. The van der Waals surface area contributed by atoms with Crippen molar-refractivity contribution < 1.29 is 9.84 Å². The van der Waals surface area contributed by atoms with Gasteiger partial charge in [0.2, 0.25) is 0 Å². The van der Waals surface area contributed by atoms with Gasteiger partial charge in [0.15, 0.2) is 0 Å². The summed E-state index contributed by atoms with van der Waals surface area (Å²) in [5, 5.41) is 9.10. The van der Waals surface area contributed by atoms with E-state index < -0.39 is 0 Å². The van der Waals surface area contributed by atoms with E-state index in [1.807, 2.05) is 30.0 Å². The molecule has 2 aromatic rings. The maximum Gasteiger partial charge on any atom is 0.133 e. The van der Waals surface area contributed by atoms with E-state index in [1.54, 1.807) is 0 Å². The van der Waals surface area contributed by atoms with Gasteiger partial charge in [0.1, 0.15) is 5.75 Å². The molecule has 2 aromatic carbocycles. The van der Waals surface area contributed by atoms with Gasteiger partial charge in [-0.3, -0.25) is 0 Å². The van der Waals surface area contributed by atoms with Crippen molar-refractivity contribution >= 4 is 27.7 Å². The number of halogens is 1. The minimum Gasteiger partial charge on any atom is -0.492 e. The molecular formula is C16H15BrO2S. The van der Waals surface area contributed by atoms with Crippen molar-refractivity contribution in [3.8, 4) is 5.75 Å². The van der Waals surface area contributed by atoms with Crippen molar-refractivity contribution in [1.82, 2.24) is 0 Å². The van der Waals surface area contributed by atoms with Crippen LogP contribution in [0.15, 0.2) is 51.8 Å². The number of hydrogen-bond acceptors (Lipinski definition) is 3. The van der Waals surface area contributed by atoms with E-state index in [-0.39, 0.29) is 6.61 Å². The predicted octanol–water partition coefficient (Wildman–Crippen LogP) is 4.21. The third kappa shape index (κ3) is 2.87. The number of thioether (sulfide) groups is 1. The summed E-state index contributed by atoms with van der Waals surface area (Å²) in [6.45, 7) is 0.729. The fourth-order valence-corrected chi connectivity index (χ4v) is 4.09. The number of hydrogen-bond donors (Lipinski definition) is 1. The Morgan fingerprint density at radius 3 is 2.90 bits per heavy atom. The summed E-state index contributed by atoms with van der Waals surface area (Å²) in [7, 11) is 0. The van der Waals surface area contributed by atoms with Crippen LogP contribution in [0.5, 0.6) is 5.75 Å². The van der Waals surface area contributed by atoms with Crippen LogP contribution < -0.4 is 4.74 Å². The summed E-state index contributed by atoms with van der Waals surface area (Å²) in [6, 6.07) is 14.2. The quantitative estimate of drug-likeness (QED) is 0.895. The van der Waals surface area contributed by atoms with E-state index in [0.717, 1.165) is 21.5 Å². The third-order valence-electron chi connectivity index (χ3n) is 3.42. The predicted molar refractivity (Wildman–Crippen MR) is 85.5 cm³/mol. The molecule has 0 radical (unpaired) electrons. The zero-order chi connectivity index (χ0) is 13.9. The highest BCUT2D eigenvalue weighted by atomic mass is 79.9. The van der Waals surface area contributed by atoms with Gasteiger partial charge in [0.25, 0.3) is 0 Å². The molecule has 3 rings (SSSR count). The lowest BCUT2D eigenvalue weighted by atomic mass is 10.0. The highest BCUT2D eigenvalue weighted by molar-refractivity contribution is 9.10. The van der Waals surface area contributed by atoms with Gasteiger partial charge in [-0.25, -0.2) is 0 Å². The zero-order valence-corrected chi connectivity index (χ0v) is 13.3. The Morgan fingerprint density at radius 1 is 1.25 bits per heavy atom. The van der Waals surface area contributed by atoms with Gasteiger partial charge in [-0.05, 0) is 45.3 Å². The Bertz CT molecular complexity index is 615. The standard InChI is InChI=1S/C16H15BrO2S/c17-14-7-11(8-18)5-6-15(14)19-9-12-10-20-16-4-2-1-3-13(12)16/h1-7,12,18H,8-10H2. The van der Waals surface area contributed by atoms with Gasteiger partial charge >= 0.3 is 0 Å². The molecule has 0 fully saturated rings. The van der Waals surface area contributed by atoms with E-state index in [4.69, 9.17) is 9.84 Å². The minimum atomic E-state index is 0.0471. The van der Waals surface area contributed by atoms with Crippen LogP contribution in [-0.4, -0.2) is 17.5 Å². The molecule has 0 saturated heterocycles. The lowest BCUT2D eigenvalue weighted by Crippen LogP contribution is -2.10. The van der Waals surface area contributed by atoms with Crippen molar-refractivity contribution in [3.63, 3.8) is 0 Å². The Balaban J connectivity index is 1.69. The fourth-order valence-electron chi connectivity index (χ4n) is 2.32. The molecule has 2 nitrogen and oxygen atoms in total. The first kappa shape index (κ1) is 14.0. The SMILES string of the molecule is OCc1ccc(OCC2CSc3ccccc32)c(Br)c1. The van der Waals surface area contributed by atoms with Crippen LogP contribution in [0.2, 0.25) is 0 Å². The molecular weight excluding hydrogens is 336 g/mol. The van der Waals surface area contributed by atoms with E-state index in [2.05, 4.69) is 40.2 Å². The highest BCUT2D eigenvalue weighted by Crippen LogP contribution is 2.39. The van der Waals surface area contributed by atoms with Gasteiger partial charge in [0, 0.05) is 16.6 Å². The van der Waals surface area contributed by atoms with E-state index in [0.29, 0.717) is 12.5 Å². The first-order chi connectivity index (χ1) is 9.78. The van der Waals surface area contributed by atoms with E-state index >= 15 is 0 Å². The highest BCUT2D eigenvalue weighted by Gasteiger charge is 2.23. The second kappa shape index (κ2) is 6.20. The molecule has 0 spiro atoms. The van der Waals surface area contributed by atoms with Gasteiger partial charge < -0.3 is 9.84 Å². The van der Waals surface area contributed by atoms with Gasteiger partial charge in [0.05, 0.1) is 17.7 Å². The van der Waals surface area contributed by atoms with Crippen LogP contribution >= 0.6 is 27.7 Å². The topological polar surface area (TPSA) is 29.5 Å². The molecule has 0 aliphatic carbocycles. The van der Waals surface area contributed by atoms with Crippen LogP contribution in [0.4, 0.5) is 0 Å².